The number of carbonyl (C=O) groups is 1. The molecule has 2 aliphatic heterocycles. The second kappa shape index (κ2) is 9.89. The summed E-state index contributed by atoms with van der Waals surface area (Å²) in [6, 6.07) is 5.32. The van der Waals surface area contributed by atoms with Crippen molar-refractivity contribution in [3.8, 4) is 0 Å². The number of halogens is 5. The van der Waals surface area contributed by atoms with Gasteiger partial charge in [-0.25, -0.2) is 22.4 Å². The van der Waals surface area contributed by atoms with Gasteiger partial charge in [0.25, 0.3) is 0 Å². The molecule has 1 N–H and O–H groups in total. The Morgan fingerprint density at radius 1 is 0.938 bits per heavy atom. The Bertz CT molecular complexity index is 924. The van der Waals surface area contributed by atoms with E-state index in [-0.39, 0.29) is 23.2 Å². The van der Waals surface area contributed by atoms with E-state index in [0.29, 0.717) is 25.0 Å². The van der Waals surface area contributed by atoms with Crippen LogP contribution in [0.15, 0.2) is 36.4 Å². The predicted molar refractivity (Wildman–Crippen MR) is 114 cm³/mol. The number of fused-ring (bicyclic) bond motifs is 2. The molecular weight excluding hydrogens is 494 g/mol. The zero-order valence-electron chi connectivity index (χ0n) is 17.6. The zero-order valence-corrected chi connectivity index (χ0v) is 19.2. The van der Waals surface area contributed by atoms with E-state index in [9.17, 15) is 27.5 Å². The minimum atomic E-state index is -2.63. The number of hydrogen-bond acceptors (Lipinski definition) is 4. The Morgan fingerprint density at radius 2 is 1.38 bits per heavy atom. The summed E-state index contributed by atoms with van der Waals surface area (Å²) in [5, 5.41) is 11.3. The van der Waals surface area contributed by atoms with Crippen molar-refractivity contribution in [3.05, 3.63) is 70.8 Å². The third-order valence-corrected chi connectivity index (χ3v) is 6.30. The number of nitrogens with zero attached hydrogens (tertiary/aromatic N) is 1. The highest BCUT2D eigenvalue weighted by molar-refractivity contribution is 9.08. The number of rotatable bonds is 4. The molecular formula is C23H24BrF4NO3. The fourth-order valence-electron chi connectivity index (χ4n) is 4.54. The number of ether oxygens (including phenoxy) is 1. The SMILES string of the molecule is CBr.CN1C2CCC1CC(OC(=O)C(O)(c1ccc(F)c(F)c1)c1ccc(F)c(F)c1)C2. The van der Waals surface area contributed by atoms with Gasteiger partial charge in [-0.3, -0.25) is 0 Å². The van der Waals surface area contributed by atoms with Gasteiger partial charge in [0.05, 0.1) is 0 Å². The smallest absolute Gasteiger partial charge is 0.347 e. The largest absolute Gasteiger partial charge is 0.460 e. The van der Waals surface area contributed by atoms with Gasteiger partial charge >= 0.3 is 5.97 Å². The van der Waals surface area contributed by atoms with Gasteiger partial charge in [0.15, 0.2) is 23.3 Å². The van der Waals surface area contributed by atoms with Crippen LogP contribution in [0.3, 0.4) is 0 Å². The van der Waals surface area contributed by atoms with Crippen LogP contribution in [0.1, 0.15) is 36.8 Å². The maximum Gasteiger partial charge on any atom is 0.347 e. The van der Waals surface area contributed by atoms with Crippen LogP contribution in [0.2, 0.25) is 0 Å². The Kier molecular flexibility index (Phi) is 7.62. The van der Waals surface area contributed by atoms with Crippen LogP contribution < -0.4 is 0 Å². The summed E-state index contributed by atoms with van der Waals surface area (Å²) in [6.45, 7) is 0. The van der Waals surface area contributed by atoms with Crippen molar-refractivity contribution in [1.29, 1.82) is 0 Å². The lowest BCUT2D eigenvalue weighted by molar-refractivity contribution is -0.171. The zero-order chi connectivity index (χ0) is 23.6. The van der Waals surface area contributed by atoms with Gasteiger partial charge in [0, 0.05) is 23.2 Å². The van der Waals surface area contributed by atoms with Gasteiger partial charge in [-0.1, -0.05) is 28.1 Å². The first-order chi connectivity index (χ1) is 15.2. The number of hydrogen-bond donors (Lipinski definition) is 1. The lowest BCUT2D eigenvalue weighted by Gasteiger charge is -2.37. The molecule has 2 bridgehead atoms. The normalized spacial score (nSPS) is 22.8. The Hall–Kier alpha value is -1.97. The van der Waals surface area contributed by atoms with Crippen molar-refractivity contribution >= 4 is 21.9 Å². The summed E-state index contributed by atoms with van der Waals surface area (Å²) >= 11 is 2.94. The minimum Gasteiger partial charge on any atom is -0.460 e. The number of alkyl halides is 1. The summed E-state index contributed by atoms with van der Waals surface area (Å²) in [5.74, 6) is -4.27. The quantitative estimate of drug-likeness (QED) is 0.364. The standard InChI is InChI=1S/C22H21F4NO3.CH3Br/c1-27-14-4-5-15(27)11-16(10-14)30-21(28)22(29,12-2-6-17(23)19(25)8-12)13-3-7-18(24)20(26)9-13;1-2/h2-3,6-9,14-16,29H,4-5,10-11H2,1H3;1H3. The molecule has 2 atom stereocenters. The van der Waals surface area contributed by atoms with E-state index in [4.69, 9.17) is 4.74 Å². The third-order valence-electron chi connectivity index (χ3n) is 6.30. The monoisotopic (exact) mass is 517 g/mol. The van der Waals surface area contributed by atoms with Gasteiger partial charge in [-0.2, -0.15) is 0 Å². The van der Waals surface area contributed by atoms with E-state index in [1.807, 2.05) is 12.9 Å². The molecule has 0 spiro atoms. The molecule has 0 radical (unpaired) electrons. The molecule has 9 heteroatoms. The number of esters is 1. The van der Waals surface area contributed by atoms with Crippen LogP contribution in [0.5, 0.6) is 0 Å². The van der Waals surface area contributed by atoms with Gasteiger partial charge in [0.1, 0.15) is 6.10 Å². The van der Waals surface area contributed by atoms with Gasteiger partial charge < -0.3 is 14.7 Å². The van der Waals surface area contributed by atoms with Crippen LogP contribution in [0.4, 0.5) is 17.6 Å². The predicted octanol–water partition coefficient (Wildman–Crippen LogP) is 4.66. The highest BCUT2D eigenvalue weighted by Crippen LogP contribution is 2.38. The van der Waals surface area contributed by atoms with E-state index in [1.165, 1.54) is 0 Å². The Balaban J connectivity index is 0.00000141. The van der Waals surface area contributed by atoms with Gasteiger partial charge in [-0.05, 0) is 62.8 Å². The van der Waals surface area contributed by atoms with E-state index in [0.717, 1.165) is 37.1 Å². The Labute approximate surface area is 192 Å². The van der Waals surface area contributed by atoms with Crippen molar-refractivity contribution in [2.45, 2.75) is 49.5 Å². The maximum atomic E-state index is 13.9. The van der Waals surface area contributed by atoms with Crippen LogP contribution in [-0.4, -0.2) is 47.0 Å². The van der Waals surface area contributed by atoms with Gasteiger partial charge in [-0.15, -0.1) is 0 Å². The molecule has 2 aromatic carbocycles. The average molecular weight is 518 g/mol. The van der Waals surface area contributed by atoms with Crippen molar-refractivity contribution in [2.75, 3.05) is 12.9 Å². The number of benzene rings is 2. The summed E-state index contributed by atoms with van der Waals surface area (Å²) in [7, 11) is 2.01. The molecule has 32 heavy (non-hydrogen) atoms. The highest BCUT2D eigenvalue weighted by atomic mass is 79.9. The van der Waals surface area contributed by atoms with E-state index in [1.54, 1.807) is 0 Å². The van der Waals surface area contributed by atoms with E-state index >= 15 is 0 Å². The van der Waals surface area contributed by atoms with Crippen LogP contribution in [0.25, 0.3) is 0 Å². The van der Waals surface area contributed by atoms with Crippen LogP contribution >= 0.6 is 15.9 Å². The van der Waals surface area contributed by atoms with Crippen molar-refractivity contribution in [3.63, 3.8) is 0 Å². The molecule has 174 valence electrons. The second-order valence-corrected chi connectivity index (χ2v) is 8.02. The lowest BCUT2D eigenvalue weighted by Crippen LogP contribution is -2.46. The molecule has 2 fully saturated rings. The number of carbonyl (C=O) groups excluding carboxylic acids is 1. The molecule has 2 aliphatic rings. The molecule has 2 aromatic rings. The minimum absolute atomic E-state index is 0.251. The average Bonchev–Trinajstić information content (AvgIpc) is 2.98. The number of piperidine rings is 1. The molecule has 2 saturated heterocycles. The van der Waals surface area contributed by atoms with Crippen LogP contribution in [-0.2, 0) is 15.1 Å². The summed E-state index contributed by atoms with van der Waals surface area (Å²) < 4.78 is 60.2. The maximum absolute atomic E-state index is 13.9. The molecule has 4 nitrogen and oxygen atoms in total. The Morgan fingerprint density at radius 3 is 1.78 bits per heavy atom. The highest BCUT2D eigenvalue weighted by Gasteiger charge is 2.46. The van der Waals surface area contributed by atoms with E-state index in [2.05, 4.69) is 20.8 Å². The van der Waals surface area contributed by atoms with E-state index < -0.39 is 40.9 Å². The molecule has 2 unspecified atom stereocenters. The first kappa shape index (κ1) is 24.7. The molecule has 0 amide bonds. The fraction of sp³-hybridized carbons (Fsp3) is 0.435. The second-order valence-electron chi connectivity index (χ2n) is 8.02. The van der Waals surface area contributed by atoms with Crippen molar-refractivity contribution in [1.82, 2.24) is 4.90 Å². The first-order valence-corrected chi connectivity index (χ1v) is 11.7. The van der Waals surface area contributed by atoms with Crippen molar-refractivity contribution in [2.24, 2.45) is 0 Å². The molecule has 0 aromatic heterocycles. The fourth-order valence-corrected chi connectivity index (χ4v) is 4.54. The summed E-state index contributed by atoms with van der Waals surface area (Å²) in [4.78, 5) is 15.4. The summed E-state index contributed by atoms with van der Waals surface area (Å²) in [6.07, 6.45) is 2.63. The topological polar surface area (TPSA) is 49.8 Å². The molecule has 0 aliphatic carbocycles. The first-order valence-electron chi connectivity index (χ1n) is 10.1. The molecule has 0 saturated carbocycles. The molecule has 2 heterocycles. The van der Waals surface area contributed by atoms with Crippen LogP contribution in [0, 0.1) is 23.3 Å². The number of aliphatic hydroxyl groups is 1. The van der Waals surface area contributed by atoms with Gasteiger partial charge in [0.2, 0.25) is 5.60 Å². The van der Waals surface area contributed by atoms with Crippen molar-refractivity contribution < 1.29 is 32.2 Å². The lowest BCUT2D eigenvalue weighted by atomic mass is 9.86. The molecule has 4 rings (SSSR count). The summed E-state index contributed by atoms with van der Waals surface area (Å²) in [5.41, 5.74) is -3.31. The third kappa shape index (κ3) is 4.56.